The fourth-order valence-corrected chi connectivity index (χ4v) is 2.85. The summed E-state index contributed by atoms with van der Waals surface area (Å²) < 4.78 is 11.6. The first kappa shape index (κ1) is 14.9. The molecule has 0 spiro atoms. The van der Waals surface area contributed by atoms with Gasteiger partial charge in [0.1, 0.15) is 0 Å². The molecule has 3 rings (SSSR count). The highest BCUT2D eigenvalue weighted by atomic mass is 16.5. The van der Waals surface area contributed by atoms with E-state index in [1.807, 2.05) is 30.6 Å². The van der Waals surface area contributed by atoms with Crippen molar-refractivity contribution in [3.05, 3.63) is 60.3 Å². The van der Waals surface area contributed by atoms with Crippen molar-refractivity contribution >= 4 is 0 Å². The molecule has 1 fully saturated rings. The standard InChI is InChI=1S/C19H22NO2/c1-21-18-9-8-16(7-6-15-10-12-20-13-11-15)14-19(18)22-17-4-2-3-5-17/h7-14,17H,2-6H2,1H3. The molecule has 0 bridgehead atoms. The van der Waals surface area contributed by atoms with Crippen LogP contribution in [0.4, 0.5) is 0 Å². The summed E-state index contributed by atoms with van der Waals surface area (Å²) in [5.74, 6) is 1.67. The second-order valence-electron chi connectivity index (χ2n) is 5.70. The van der Waals surface area contributed by atoms with Crippen molar-refractivity contribution in [2.45, 2.75) is 38.2 Å². The van der Waals surface area contributed by atoms with E-state index in [0.717, 1.165) is 36.3 Å². The molecule has 1 saturated carbocycles. The smallest absolute Gasteiger partial charge is 0.161 e. The van der Waals surface area contributed by atoms with Gasteiger partial charge in [-0.15, -0.1) is 0 Å². The Bertz CT molecular complexity index is 592. The maximum atomic E-state index is 6.14. The summed E-state index contributed by atoms with van der Waals surface area (Å²) >= 11 is 0. The fraction of sp³-hybridized carbons (Fsp3) is 0.368. The highest BCUT2D eigenvalue weighted by Crippen LogP contribution is 2.33. The fourth-order valence-electron chi connectivity index (χ4n) is 2.85. The summed E-state index contributed by atoms with van der Waals surface area (Å²) in [4.78, 5) is 4.04. The van der Waals surface area contributed by atoms with E-state index in [4.69, 9.17) is 9.47 Å². The SMILES string of the molecule is COc1ccc([CH]Cc2ccncc2)cc1OC1CCCC1. The number of methoxy groups -OCH3 is 1. The average Bonchev–Trinajstić information content (AvgIpc) is 3.07. The number of benzene rings is 1. The second kappa shape index (κ2) is 7.30. The summed E-state index contributed by atoms with van der Waals surface area (Å²) in [6.07, 6.45) is 11.9. The summed E-state index contributed by atoms with van der Waals surface area (Å²) in [6, 6.07) is 10.2. The van der Waals surface area contributed by atoms with Gasteiger partial charge < -0.3 is 9.47 Å². The highest BCUT2D eigenvalue weighted by Gasteiger charge is 2.18. The van der Waals surface area contributed by atoms with Crippen LogP contribution >= 0.6 is 0 Å². The molecule has 1 aliphatic rings. The Hall–Kier alpha value is -2.03. The molecule has 1 aliphatic carbocycles. The van der Waals surface area contributed by atoms with Crippen LogP contribution in [0, 0.1) is 6.42 Å². The first-order valence-corrected chi connectivity index (χ1v) is 7.92. The third-order valence-corrected chi connectivity index (χ3v) is 4.11. The maximum Gasteiger partial charge on any atom is 0.161 e. The molecule has 2 aromatic rings. The van der Waals surface area contributed by atoms with Crippen molar-refractivity contribution in [3.63, 3.8) is 0 Å². The molecule has 0 unspecified atom stereocenters. The maximum absolute atomic E-state index is 6.14. The summed E-state index contributed by atoms with van der Waals surface area (Å²) in [5, 5.41) is 0. The van der Waals surface area contributed by atoms with Gasteiger partial charge in [-0.05, 0) is 73.9 Å². The number of hydrogen-bond acceptors (Lipinski definition) is 3. The molecule has 1 aromatic carbocycles. The molecule has 0 N–H and O–H groups in total. The van der Waals surface area contributed by atoms with E-state index in [0.29, 0.717) is 6.10 Å². The molecule has 3 nitrogen and oxygen atoms in total. The number of rotatable bonds is 6. The molecule has 0 aliphatic heterocycles. The Morgan fingerprint density at radius 2 is 1.86 bits per heavy atom. The second-order valence-corrected chi connectivity index (χ2v) is 5.70. The zero-order chi connectivity index (χ0) is 15.2. The first-order valence-electron chi connectivity index (χ1n) is 7.92. The van der Waals surface area contributed by atoms with Crippen molar-refractivity contribution in [1.82, 2.24) is 4.98 Å². The van der Waals surface area contributed by atoms with Crippen LogP contribution in [0.25, 0.3) is 0 Å². The molecule has 22 heavy (non-hydrogen) atoms. The van der Waals surface area contributed by atoms with Gasteiger partial charge in [-0.3, -0.25) is 4.98 Å². The van der Waals surface area contributed by atoms with E-state index in [2.05, 4.69) is 23.5 Å². The van der Waals surface area contributed by atoms with Crippen LogP contribution in [-0.2, 0) is 6.42 Å². The van der Waals surface area contributed by atoms with E-state index in [-0.39, 0.29) is 0 Å². The molecule has 3 heteroatoms. The van der Waals surface area contributed by atoms with Gasteiger partial charge in [0.2, 0.25) is 0 Å². The molecule has 115 valence electrons. The molecule has 1 radical (unpaired) electrons. The van der Waals surface area contributed by atoms with Gasteiger partial charge in [-0.25, -0.2) is 0 Å². The van der Waals surface area contributed by atoms with Crippen molar-refractivity contribution < 1.29 is 9.47 Å². The van der Waals surface area contributed by atoms with Crippen LogP contribution in [0.2, 0.25) is 0 Å². The van der Waals surface area contributed by atoms with E-state index in [1.54, 1.807) is 7.11 Å². The predicted molar refractivity (Wildman–Crippen MR) is 87.2 cm³/mol. The molecule has 1 aromatic heterocycles. The van der Waals surface area contributed by atoms with Crippen molar-refractivity contribution in [1.29, 1.82) is 0 Å². The molecule has 1 heterocycles. The topological polar surface area (TPSA) is 31.4 Å². The minimum Gasteiger partial charge on any atom is -0.493 e. The van der Waals surface area contributed by atoms with E-state index < -0.39 is 0 Å². The van der Waals surface area contributed by atoms with E-state index >= 15 is 0 Å². The van der Waals surface area contributed by atoms with Gasteiger partial charge >= 0.3 is 0 Å². The van der Waals surface area contributed by atoms with Crippen molar-refractivity contribution in [2.75, 3.05) is 7.11 Å². The lowest BCUT2D eigenvalue weighted by Crippen LogP contribution is -2.11. The van der Waals surface area contributed by atoms with Gasteiger partial charge in [0, 0.05) is 12.4 Å². The zero-order valence-electron chi connectivity index (χ0n) is 13.0. The minimum absolute atomic E-state index is 0.337. The quantitative estimate of drug-likeness (QED) is 0.800. The molecule has 0 saturated heterocycles. The number of pyridine rings is 1. The van der Waals surface area contributed by atoms with E-state index in [1.165, 1.54) is 18.4 Å². The van der Waals surface area contributed by atoms with Crippen LogP contribution in [0.3, 0.4) is 0 Å². The average molecular weight is 296 g/mol. The predicted octanol–water partition coefficient (Wildman–Crippen LogP) is 4.21. The van der Waals surface area contributed by atoms with Gasteiger partial charge in [0.15, 0.2) is 11.5 Å². The summed E-state index contributed by atoms with van der Waals surface area (Å²) in [6.45, 7) is 0. The molecule has 0 amide bonds. The Morgan fingerprint density at radius 3 is 2.59 bits per heavy atom. The Kier molecular flexibility index (Phi) is 4.94. The molecular formula is C19H22NO2. The number of nitrogens with zero attached hydrogens (tertiary/aromatic N) is 1. The van der Waals surface area contributed by atoms with Crippen LogP contribution in [0.1, 0.15) is 36.8 Å². The lowest BCUT2D eigenvalue weighted by atomic mass is 10.0. The Morgan fingerprint density at radius 1 is 1.09 bits per heavy atom. The summed E-state index contributed by atoms with van der Waals surface area (Å²) in [7, 11) is 1.69. The van der Waals surface area contributed by atoms with Gasteiger partial charge in [-0.1, -0.05) is 6.07 Å². The minimum atomic E-state index is 0.337. The van der Waals surface area contributed by atoms with Crippen LogP contribution in [0.5, 0.6) is 11.5 Å². The van der Waals surface area contributed by atoms with Gasteiger partial charge in [-0.2, -0.15) is 0 Å². The van der Waals surface area contributed by atoms with Crippen LogP contribution < -0.4 is 9.47 Å². The zero-order valence-corrected chi connectivity index (χ0v) is 13.0. The van der Waals surface area contributed by atoms with Crippen molar-refractivity contribution in [2.24, 2.45) is 0 Å². The van der Waals surface area contributed by atoms with Gasteiger partial charge in [0.25, 0.3) is 0 Å². The third-order valence-electron chi connectivity index (χ3n) is 4.11. The lowest BCUT2D eigenvalue weighted by molar-refractivity contribution is 0.200. The summed E-state index contributed by atoms with van der Waals surface area (Å²) in [5.41, 5.74) is 2.41. The number of ether oxygens (including phenoxy) is 2. The Balaban J connectivity index is 1.69. The van der Waals surface area contributed by atoms with Gasteiger partial charge in [0.05, 0.1) is 13.2 Å². The normalized spacial score (nSPS) is 15.0. The van der Waals surface area contributed by atoms with Crippen LogP contribution in [0.15, 0.2) is 42.7 Å². The number of aromatic nitrogens is 1. The highest BCUT2D eigenvalue weighted by molar-refractivity contribution is 5.45. The molecule has 0 atom stereocenters. The van der Waals surface area contributed by atoms with Crippen LogP contribution in [-0.4, -0.2) is 18.2 Å². The largest absolute Gasteiger partial charge is 0.493 e. The third kappa shape index (κ3) is 3.79. The van der Waals surface area contributed by atoms with E-state index in [9.17, 15) is 0 Å². The monoisotopic (exact) mass is 296 g/mol. The first-order chi connectivity index (χ1) is 10.8. The number of hydrogen-bond donors (Lipinski definition) is 0. The molecular weight excluding hydrogens is 274 g/mol. The Labute approximate surface area is 132 Å². The van der Waals surface area contributed by atoms with Crippen molar-refractivity contribution in [3.8, 4) is 11.5 Å². The lowest BCUT2D eigenvalue weighted by Gasteiger charge is -2.16.